The molecule has 150 valence electrons. The standard InChI is InChI=1S/C24H25NO4/c1-3-25(4-2)19-11-10-18-13-22(29-21(18)14-19)24(26)23-16-27-15-20(28-23)12-17-8-6-5-7-9-17/h5-6,8,10-11,13-16H,3-4,7,9,12H2,1-2H3. The van der Waals surface area contributed by atoms with E-state index in [1.54, 1.807) is 12.3 Å². The molecule has 1 aliphatic heterocycles. The molecular weight excluding hydrogens is 366 g/mol. The van der Waals surface area contributed by atoms with E-state index in [1.165, 1.54) is 11.8 Å². The zero-order chi connectivity index (χ0) is 20.2. The summed E-state index contributed by atoms with van der Waals surface area (Å²) in [5, 5.41) is 0.886. The van der Waals surface area contributed by atoms with Gasteiger partial charge in [0, 0.05) is 36.7 Å². The Morgan fingerprint density at radius 1 is 1.14 bits per heavy atom. The molecule has 0 saturated heterocycles. The summed E-state index contributed by atoms with van der Waals surface area (Å²) in [7, 11) is 0. The summed E-state index contributed by atoms with van der Waals surface area (Å²) in [5.41, 5.74) is 3.01. The van der Waals surface area contributed by atoms with Crippen LogP contribution in [0.25, 0.3) is 11.0 Å². The van der Waals surface area contributed by atoms with Gasteiger partial charge in [-0.1, -0.05) is 23.8 Å². The number of fused-ring (bicyclic) bond motifs is 1. The molecule has 2 aromatic rings. The molecule has 0 N–H and O–H groups in total. The number of allylic oxidation sites excluding steroid dienone is 5. The normalized spacial score (nSPS) is 15.9. The SMILES string of the molecule is CCN(CC)c1ccc2cc(C(=O)C3=COC=C(CC4=CC=CCC4)O3)oc2c1. The van der Waals surface area contributed by atoms with Gasteiger partial charge in [-0.05, 0) is 44.9 Å². The van der Waals surface area contributed by atoms with E-state index in [4.69, 9.17) is 13.9 Å². The predicted octanol–water partition coefficient (Wildman–Crippen LogP) is 5.86. The van der Waals surface area contributed by atoms with Crippen molar-refractivity contribution in [2.24, 2.45) is 0 Å². The number of rotatable bonds is 7. The first-order valence-corrected chi connectivity index (χ1v) is 10.1. The molecule has 4 rings (SSSR count). The van der Waals surface area contributed by atoms with Crippen LogP contribution in [0.1, 0.15) is 43.7 Å². The highest BCUT2D eigenvalue weighted by molar-refractivity contribution is 6.07. The lowest BCUT2D eigenvalue weighted by atomic mass is 10.0. The summed E-state index contributed by atoms with van der Waals surface area (Å²) < 4.78 is 17.0. The molecule has 1 aromatic carbocycles. The van der Waals surface area contributed by atoms with Crippen LogP contribution >= 0.6 is 0 Å². The summed E-state index contributed by atoms with van der Waals surface area (Å²) >= 11 is 0. The van der Waals surface area contributed by atoms with Crippen LogP contribution in [0.4, 0.5) is 5.69 Å². The van der Waals surface area contributed by atoms with E-state index in [0.717, 1.165) is 37.0 Å². The van der Waals surface area contributed by atoms with E-state index in [2.05, 4.69) is 30.9 Å². The van der Waals surface area contributed by atoms with E-state index >= 15 is 0 Å². The van der Waals surface area contributed by atoms with Crippen molar-refractivity contribution in [3.63, 3.8) is 0 Å². The number of furan rings is 1. The van der Waals surface area contributed by atoms with Crippen molar-refractivity contribution < 1.29 is 18.7 Å². The molecular formula is C24H25NO4. The minimum absolute atomic E-state index is 0.137. The molecule has 0 bridgehead atoms. The molecule has 29 heavy (non-hydrogen) atoms. The third-order valence-corrected chi connectivity index (χ3v) is 5.20. The van der Waals surface area contributed by atoms with Gasteiger partial charge in [-0.2, -0.15) is 0 Å². The zero-order valence-corrected chi connectivity index (χ0v) is 16.8. The van der Waals surface area contributed by atoms with Gasteiger partial charge in [0.05, 0.1) is 0 Å². The van der Waals surface area contributed by atoms with E-state index in [0.29, 0.717) is 17.8 Å². The fourth-order valence-electron chi connectivity index (χ4n) is 3.60. The molecule has 0 spiro atoms. The summed E-state index contributed by atoms with van der Waals surface area (Å²) in [5.74, 6) is 0.677. The van der Waals surface area contributed by atoms with Gasteiger partial charge >= 0.3 is 0 Å². The van der Waals surface area contributed by atoms with Crippen LogP contribution in [-0.4, -0.2) is 18.9 Å². The number of benzene rings is 1. The van der Waals surface area contributed by atoms with Crippen molar-refractivity contribution in [1.82, 2.24) is 0 Å². The van der Waals surface area contributed by atoms with Crippen molar-refractivity contribution in [2.45, 2.75) is 33.1 Å². The number of carbonyl (C=O) groups excluding carboxylic acids is 1. The molecule has 0 fully saturated rings. The van der Waals surface area contributed by atoms with Crippen LogP contribution in [0.3, 0.4) is 0 Å². The monoisotopic (exact) mass is 391 g/mol. The molecule has 0 radical (unpaired) electrons. The second-order valence-corrected chi connectivity index (χ2v) is 7.11. The maximum Gasteiger partial charge on any atom is 0.266 e. The van der Waals surface area contributed by atoms with Gasteiger partial charge in [0.15, 0.2) is 5.76 Å². The van der Waals surface area contributed by atoms with E-state index in [1.807, 2.05) is 24.3 Å². The van der Waals surface area contributed by atoms with Crippen LogP contribution in [0.2, 0.25) is 0 Å². The fourth-order valence-corrected chi connectivity index (χ4v) is 3.60. The van der Waals surface area contributed by atoms with Gasteiger partial charge in [-0.3, -0.25) is 4.79 Å². The van der Waals surface area contributed by atoms with Crippen molar-refractivity contribution in [2.75, 3.05) is 18.0 Å². The summed E-state index contributed by atoms with van der Waals surface area (Å²) in [4.78, 5) is 15.1. The average Bonchev–Trinajstić information content (AvgIpc) is 3.18. The van der Waals surface area contributed by atoms with Gasteiger partial charge in [-0.25, -0.2) is 0 Å². The Hall–Kier alpha value is -3.21. The number of hydrogen-bond donors (Lipinski definition) is 0. The maximum absolute atomic E-state index is 12.9. The average molecular weight is 391 g/mol. The maximum atomic E-state index is 12.9. The van der Waals surface area contributed by atoms with Crippen LogP contribution in [0.5, 0.6) is 0 Å². The third kappa shape index (κ3) is 4.14. The fraction of sp³-hybridized carbons (Fsp3) is 0.292. The van der Waals surface area contributed by atoms with E-state index < -0.39 is 0 Å². The first kappa shape index (κ1) is 19.1. The predicted molar refractivity (Wildman–Crippen MR) is 114 cm³/mol. The van der Waals surface area contributed by atoms with Crippen molar-refractivity contribution in [1.29, 1.82) is 0 Å². The Morgan fingerprint density at radius 2 is 2.00 bits per heavy atom. The largest absolute Gasteiger partial charge is 0.465 e. The molecule has 0 saturated carbocycles. The minimum atomic E-state index is -0.325. The van der Waals surface area contributed by atoms with Crippen LogP contribution < -0.4 is 4.90 Å². The lowest BCUT2D eigenvalue weighted by Crippen LogP contribution is -2.21. The van der Waals surface area contributed by atoms with Crippen molar-refractivity contribution >= 4 is 22.4 Å². The Bertz CT molecular complexity index is 1030. The highest BCUT2D eigenvalue weighted by Crippen LogP contribution is 2.29. The van der Waals surface area contributed by atoms with Gasteiger partial charge in [0.2, 0.25) is 5.76 Å². The zero-order valence-electron chi connectivity index (χ0n) is 16.8. The molecule has 2 heterocycles. The van der Waals surface area contributed by atoms with Crippen LogP contribution in [0, 0.1) is 0 Å². The number of nitrogens with zero attached hydrogens (tertiary/aromatic N) is 1. The van der Waals surface area contributed by atoms with E-state index in [9.17, 15) is 4.79 Å². The smallest absolute Gasteiger partial charge is 0.266 e. The highest BCUT2D eigenvalue weighted by Gasteiger charge is 2.23. The molecule has 1 aromatic heterocycles. The highest BCUT2D eigenvalue weighted by atomic mass is 16.5. The molecule has 5 nitrogen and oxygen atoms in total. The molecule has 2 aliphatic rings. The quantitative estimate of drug-likeness (QED) is 0.554. The molecule has 1 aliphatic carbocycles. The Kier molecular flexibility index (Phi) is 5.56. The number of Topliss-reactive ketones (excluding diaryl/α,β-unsaturated/α-hetero) is 1. The first-order chi connectivity index (χ1) is 14.2. The minimum Gasteiger partial charge on any atom is -0.465 e. The van der Waals surface area contributed by atoms with Gasteiger partial charge in [0.1, 0.15) is 23.9 Å². The van der Waals surface area contributed by atoms with Crippen LogP contribution in [-0.2, 0) is 9.47 Å². The number of ether oxygens (including phenoxy) is 2. The summed E-state index contributed by atoms with van der Waals surface area (Å²) in [6.45, 7) is 6.05. The number of ketones is 1. The van der Waals surface area contributed by atoms with Crippen LogP contribution in [0.15, 0.2) is 76.5 Å². The molecule has 5 heteroatoms. The Balaban J connectivity index is 1.50. The number of anilines is 1. The Labute approximate surface area is 170 Å². The van der Waals surface area contributed by atoms with E-state index in [-0.39, 0.29) is 17.3 Å². The number of hydrogen-bond acceptors (Lipinski definition) is 5. The molecule has 0 atom stereocenters. The second kappa shape index (κ2) is 8.43. The third-order valence-electron chi connectivity index (χ3n) is 5.20. The summed E-state index contributed by atoms with van der Waals surface area (Å²) in [6.07, 6.45) is 11.8. The first-order valence-electron chi connectivity index (χ1n) is 10.1. The van der Waals surface area contributed by atoms with Gasteiger partial charge in [0.25, 0.3) is 5.78 Å². The van der Waals surface area contributed by atoms with Crippen molar-refractivity contribution in [3.05, 3.63) is 77.9 Å². The molecule has 0 amide bonds. The Morgan fingerprint density at radius 3 is 2.76 bits per heavy atom. The summed E-state index contributed by atoms with van der Waals surface area (Å²) in [6, 6.07) is 7.75. The molecule has 0 unspecified atom stereocenters. The second-order valence-electron chi connectivity index (χ2n) is 7.11. The lowest BCUT2D eigenvalue weighted by Gasteiger charge is -2.20. The van der Waals surface area contributed by atoms with Gasteiger partial charge in [-0.15, -0.1) is 0 Å². The van der Waals surface area contributed by atoms with Gasteiger partial charge < -0.3 is 18.8 Å². The van der Waals surface area contributed by atoms with Crippen molar-refractivity contribution in [3.8, 4) is 0 Å². The lowest BCUT2D eigenvalue weighted by molar-refractivity contribution is 0.0901. The number of carbonyl (C=O) groups is 1. The topological polar surface area (TPSA) is 51.9 Å².